The molecule has 0 aliphatic heterocycles. The number of hydrogen-bond acceptors (Lipinski definition) is 4. The SMILES string of the molecule is CO/N=C(/C)N(C)CCCC[C@H](N)C(=O)O. The summed E-state index contributed by atoms with van der Waals surface area (Å²) in [7, 11) is 3.41. The number of carboxylic acids is 1. The molecule has 0 saturated heterocycles. The number of hydrogen-bond donors (Lipinski definition) is 2. The van der Waals surface area contributed by atoms with Gasteiger partial charge in [0, 0.05) is 13.6 Å². The van der Waals surface area contributed by atoms with E-state index in [1.54, 1.807) is 0 Å². The van der Waals surface area contributed by atoms with Crippen LogP contribution >= 0.6 is 0 Å². The van der Waals surface area contributed by atoms with Crippen molar-refractivity contribution in [2.24, 2.45) is 10.9 Å². The van der Waals surface area contributed by atoms with Crippen molar-refractivity contribution in [2.45, 2.75) is 32.2 Å². The monoisotopic (exact) mass is 231 g/mol. The van der Waals surface area contributed by atoms with Crippen LogP contribution < -0.4 is 5.73 Å². The van der Waals surface area contributed by atoms with Gasteiger partial charge in [0.05, 0.1) is 0 Å². The molecule has 0 aliphatic carbocycles. The van der Waals surface area contributed by atoms with Crippen LogP contribution in [0.3, 0.4) is 0 Å². The summed E-state index contributed by atoms with van der Waals surface area (Å²) in [5, 5.41) is 12.4. The van der Waals surface area contributed by atoms with E-state index in [1.807, 2.05) is 18.9 Å². The van der Waals surface area contributed by atoms with Gasteiger partial charge in [0.2, 0.25) is 0 Å². The maximum atomic E-state index is 10.4. The van der Waals surface area contributed by atoms with Crippen molar-refractivity contribution in [3.05, 3.63) is 0 Å². The summed E-state index contributed by atoms with van der Waals surface area (Å²) in [5.41, 5.74) is 5.38. The highest BCUT2D eigenvalue weighted by molar-refractivity contribution is 5.78. The number of rotatable bonds is 7. The third-order valence-corrected chi connectivity index (χ3v) is 2.35. The van der Waals surface area contributed by atoms with Gasteiger partial charge >= 0.3 is 5.97 Å². The van der Waals surface area contributed by atoms with Crippen LogP contribution in [0.15, 0.2) is 5.16 Å². The number of oxime groups is 1. The molecule has 0 spiro atoms. The second-order valence-corrected chi connectivity index (χ2v) is 3.68. The van der Waals surface area contributed by atoms with Crippen LogP contribution in [-0.2, 0) is 9.63 Å². The summed E-state index contributed by atoms with van der Waals surface area (Å²) in [5.74, 6) is -0.143. The summed E-state index contributed by atoms with van der Waals surface area (Å²) in [6.45, 7) is 2.66. The predicted molar refractivity (Wildman–Crippen MR) is 62.2 cm³/mol. The maximum Gasteiger partial charge on any atom is 0.320 e. The zero-order valence-electron chi connectivity index (χ0n) is 10.1. The molecule has 0 unspecified atom stereocenters. The van der Waals surface area contributed by atoms with Crippen LogP contribution in [0.5, 0.6) is 0 Å². The van der Waals surface area contributed by atoms with E-state index in [-0.39, 0.29) is 0 Å². The normalized spacial score (nSPS) is 13.4. The second-order valence-electron chi connectivity index (χ2n) is 3.68. The van der Waals surface area contributed by atoms with Crippen molar-refractivity contribution in [2.75, 3.05) is 20.7 Å². The fourth-order valence-corrected chi connectivity index (χ4v) is 1.20. The van der Waals surface area contributed by atoms with Gasteiger partial charge in [0.1, 0.15) is 19.0 Å². The molecule has 0 aliphatic rings. The van der Waals surface area contributed by atoms with Gasteiger partial charge in [-0.2, -0.15) is 0 Å². The van der Waals surface area contributed by atoms with E-state index >= 15 is 0 Å². The van der Waals surface area contributed by atoms with Crippen LogP contribution in [-0.4, -0.2) is 48.6 Å². The van der Waals surface area contributed by atoms with Crippen molar-refractivity contribution < 1.29 is 14.7 Å². The fraction of sp³-hybridized carbons (Fsp3) is 0.800. The first-order chi connectivity index (χ1) is 7.49. The molecule has 0 radical (unpaired) electrons. The number of amidine groups is 1. The van der Waals surface area contributed by atoms with E-state index in [1.165, 1.54) is 7.11 Å². The zero-order valence-corrected chi connectivity index (χ0v) is 10.1. The number of carboxylic acid groups (broad SMARTS) is 1. The lowest BCUT2D eigenvalue weighted by Gasteiger charge is -2.17. The molecule has 0 aromatic rings. The third-order valence-electron chi connectivity index (χ3n) is 2.35. The molecule has 0 fully saturated rings. The van der Waals surface area contributed by atoms with Crippen molar-refractivity contribution in [1.82, 2.24) is 4.90 Å². The van der Waals surface area contributed by atoms with Crippen molar-refractivity contribution in [3.8, 4) is 0 Å². The Balaban J connectivity index is 3.66. The van der Waals surface area contributed by atoms with Crippen molar-refractivity contribution in [1.29, 1.82) is 0 Å². The van der Waals surface area contributed by atoms with Crippen LogP contribution in [0.25, 0.3) is 0 Å². The number of carbonyl (C=O) groups is 1. The van der Waals surface area contributed by atoms with Gasteiger partial charge in [-0.1, -0.05) is 5.16 Å². The molecular weight excluding hydrogens is 210 g/mol. The van der Waals surface area contributed by atoms with Gasteiger partial charge < -0.3 is 20.6 Å². The predicted octanol–water partition coefficient (Wildman–Crippen LogP) is 0.480. The minimum absolute atomic E-state index is 0.504. The molecule has 94 valence electrons. The Morgan fingerprint density at radius 1 is 1.56 bits per heavy atom. The van der Waals surface area contributed by atoms with Gasteiger partial charge in [0.15, 0.2) is 0 Å². The van der Waals surface area contributed by atoms with E-state index < -0.39 is 12.0 Å². The Morgan fingerprint density at radius 2 is 2.19 bits per heavy atom. The van der Waals surface area contributed by atoms with Gasteiger partial charge in [0.25, 0.3) is 0 Å². The van der Waals surface area contributed by atoms with E-state index in [0.717, 1.165) is 25.2 Å². The highest BCUT2D eigenvalue weighted by Crippen LogP contribution is 2.01. The molecule has 0 heterocycles. The average molecular weight is 231 g/mol. The number of unbranched alkanes of at least 4 members (excludes halogenated alkanes) is 1. The first-order valence-corrected chi connectivity index (χ1v) is 5.26. The molecule has 6 heteroatoms. The summed E-state index contributed by atoms with van der Waals surface area (Å²) >= 11 is 0. The van der Waals surface area contributed by atoms with E-state index in [9.17, 15) is 4.79 Å². The molecule has 0 rings (SSSR count). The summed E-state index contributed by atoms with van der Waals surface area (Å²) in [6.07, 6.45) is 2.18. The molecule has 0 aromatic carbocycles. The molecule has 0 amide bonds. The third kappa shape index (κ3) is 6.23. The summed E-state index contributed by atoms with van der Waals surface area (Å²) < 4.78 is 0. The Morgan fingerprint density at radius 3 is 2.69 bits per heavy atom. The summed E-state index contributed by atoms with van der Waals surface area (Å²) in [4.78, 5) is 17.1. The van der Waals surface area contributed by atoms with Crippen LogP contribution in [0.2, 0.25) is 0 Å². The topological polar surface area (TPSA) is 88.1 Å². The van der Waals surface area contributed by atoms with Gasteiger partial charge in [-0.05, 0) is 26.2 Å². The van der Waals surface area contributed by atoms with E-state index in [4.69, 9.17) is 10.8 Å². The Labute approximate surface area is 96.0 Å². The second kappa shape index (κ2) is 7.92. The molecular formula is C10H21N3O3. The van der Waals surface area contributed by atoms with Crippen LogP contribution in [0, 0.1) is 0 Å². The molecule has 3 N–H and O–H groups in total. The zero-order chi connectivity index (χ0) is 12.6. The highest BCUT2D eigenvalue weighted by Gasteiger charge is 2.10. The summed E-state index contributed by atoms with van der Waals surface area (Å²) in [6, 6.07) is -0.751. The minimum Gasteiger partial charge on any atom is -0.480 e. The Hall–Kier alpha value is -1.30. The lowest BCUT2D eigenvalue weighted by molar-refractivity contribution is -0.138. The molecule has 1 atom stereocenters. The first kappa shape index (κ1) is 14.7. The Kier molecular flexibility index (Phi) is 7.28. The standard InChI is InChI=1S/C10H21N3O3/c1-8(12-16-3)13(2)7-5-4-6-9(11)10(14)15/h9H,4-7,11H2,1-3H3,(H,14,15)/b12-8-/t9-/m0/s1. The number of aliphatic carboxylic acids is 1. The maximum absolute atomic E-state index is 10.4. The number of nitrogens with zero attached hydrogens (tertiary/aromatic N) is 2. The molecule has 16 heavy (non-hydrogen) atoms. The molecule has 0 aromatic heterocycles. The molecule has 0 bridgehead atoms. The Bertz CT molecular complexity index is 243. The van der Waals surface area contributed by atoms with Gasteiger partial charge in [-0.3, -0.25) is 4.79 Å². The smallest absolute Gasteiger partial charge is 0.320 e. The largest absolute Gasteiger partial charge is 0.480 e. The molecule has 0 saturated carbocycles. The lowest BCUT2D eigenvalue weighted by atomic mass is 10.1. The van der Waals surface area contributed by atoms with Gasteiger partial charge in [-0.25, -0.2) is 0 Å². The minimum atomic E-state index is -0.939. The molecule has 6 nitrogen and oxygen atoms in total. The fourth-order valence-electron chi connectivity index (χ4n) is 1.20. The lowest BCUT2D eigenvalue weighted by Crippen LogP contribution is -2.30. The van der Waals surface area contributed by atoms with E-state index in [2.05, 4.69) is 9.99 Å². The van der Waals surface area contributed by atoms with E-state index in [0.29, 0.717) is 6.42 Å². The van der Waals surface area contributed by atoms with Gasteiger partial charge in [-0.15, -0.1) is 0 Å². The highest BCUT2D eigenvalue weighted by atomic mass is 16.6. The average Bonchev–Trinajstić information content (AvgIpc) is 2.23. The van der Waals surface area contributed by atoms with Crippen molar-refractivity contribution >= 4 is 11.8 Å². The first-order valence-electron chi connectivity index (χ1n) is 5.26. The van der Waals surface area contributed by atoms with Crippen LogP contribution in [0.1, 0.15) is 26.2 Å². The number of nitrogens with two attached hydrogens (primary N) is 1. The van der Waals surface area contributed by atoms with Crippen LogP contribution in [0.4, 0.5) is 0 Å². The quantitative estimate of drug-likeness (QED) is 0.288. The van der Waals surface area contributed by atoms with Crippen molar-refractivity contribution in [3.63, 3.8) is 0 Å².